The fourth-order valence-electron chi connectivity index (χ4n) is 1.61. The number of methoxy groups -OCH3 is 1. The molecule has 0 atom stereocenters. The van der Waals surface area contributed by atoms with Crippen LogP contribution in [-0.4, -0.2) is 21.9 Å². The number of nitrogens with zero attached hydrogens (tertiary/aromatic N) is 3. The van der Waals surface area contributed by atoms with E-state index in [0.29, 0.717) is 6.54 Å². The van der Waals surface area contributed by atoms with Gasteiger partial charge in [-0.25, -0.2) is 4.68 Å². The summed E-state index contributed by atoms with van der Waals surface area (Å²) in [6.07, 6.45) is 1.79. The molecule has 1 N–H and O–H groups in total. The van der Waals surface area contributed by atoms with Gasteiger partial charge in [-0.1, -0.05) is 6.07 Å². The lowest BCUT2D eigenvalue weighted by atomic mass is 10.3. The van der Waals surface area contributed by atoms with Crippen LogP contribution in [0.4, 0.5) is 0 Å². The summed E-state index contributed by atoms with van der Waals surface area (Å²) in [5.41, 5.74) is 1.98. The molecule has 0 saturated carbocycles. The average molecular weight is 232 g/mol. The molecule has 0 aliphatic carbocycles. The molecular formula is C12H16N4O. The summed E-state index contributed by atoms with van der Waals surface area (Å²) in [5, 5.41) is 7.61. The predicted molar refractivity (Wildman–Crippen MR) is 64.5 cm³/mol. The van der Waals surface area contributed by atoms with E-state index in [1.54, 1.807) is 18.0 Å². The smallest absolute Gasteiger partial charge is 0.211 e. The fourth-order valence-corrected chi connectivity index (χ4v) is 1.61. The lowest BCUT2D eigenvalue weighted by Crippen LogP contribution is -2.14. The van der Waals surface area contributed by atoms with Crippen molar-refractivity contribution >= 4 is 0 Å². The summed E-state index contributed by atoms with van der Waals surface area (Å²) in [6, 6.07) is 7.80. The molecule has 0 aromatic carbocycles. The Balaban J connectivity index is 1.86. The van der Waals surface area contributed by atoms with Crippen LogP contribution in [0.1, 0.15) is 11.4 Å². The first kappa shape index (κ1) is 11.6. The number of aryl methyl sites for hydroxylation is 1. The molecule has 2 aromatic heterocycles. The first-order chi connectivity index (χ1) is 8.29. The van der Waals surface area contributed by atoms with Gasteiger partial charge in [-0.15, -0.1) is 0 Å². The summed E-state index contributed by atoms with van der Waals surface area (Å²) in [4.78, 5) is 4.24. The van der Waals surface area contributed by atoms with Crippen molar-refractivity contribution in [2.45, 2.75) is 13.1 Å². The SMILES string of the molecule is COc1cc(CNCc2ccccn2)nn1C. The number of ether oxygens (including phenoxy) is 1. The normalized spacial score (nSPS) is 10.5. The van der Waals surface area contributed by atoms with Crippen LogP contribution in [0.25, 0.3) is 0 Å². The van der Waals surface area contributed by atoms with Crippen LogP contribution < -0.4 is 10.1 Å². The Morgan fingerprint density at radius 1 is 1.29 bits per heavy atom. The molecule has 5 heteroatoms. The summed E-state index contributed by atoms with van der Waals surface area (Å²) < 4.78 is 6.87. The summed E-state index contributed by atoms with van der Waals surface area (Å²) in [5.74, 6) is 0.764. The van der Waals surface area contributed by atoms with E-state index in [9.17, 15) is 0 Å². The summed E-state index contributed by atoms with van der Waals surface area (Å²) in [7, 11) is 3.50. The van der Waals surface area contributed by atoms with Crippen LogP contribution in [0.15, 0.2) is 30.5 Å². The van der Waals surface area contributed by atoms with Gasteiger partial charge in [-0.2, -0.15) is 5.10 Å². The zero-order valence-electron chi connectivity index (χ0n) is 10.1. The summed E-state index contributed by atoms with van der Waals surface area (Å²) >= 11 is 0. The van der Waals surface area contributed by atoms with Crippen molar-refractivity contribution in [3.05, 3.63) is 41.9 Å². The van der Waals surface area contributed by atoms with Crippen molar-refractivity contribution < 1.29 is 4.74 Å². The summed E-state index contributed by atoms with van der Waals surface area (Å²) in [6.45, 7) is 1.44. The van der Waals surface area contributed by atoms with Crippen molar-refractivity contribution in [2.75, 3.05) is 7.11 Å². The number of nitrogens with one attached hydrogen (secondary N) is 1. The largest absolute Gasteiger partial charge is 0.481 e. The second-order valence-electron chi connectivity index (χ2n) is 3.73. The third-order valence-corrected chi connectivity index (χ3v) is 2.44. The average Bonchev–Trinajstić information content (AvgIpc) is 2.71. The van der Waals surface area contributed by atoms with Gasteiger partial charge in [0.05, 0.1) is 18.5 Å². The minimum atomic E-state index is 0.702. The quantitative estimate of drug-likeness (QED) is 0.839. The van der Waals surface area contributed by atoms with E-state index in [-0.39, 0.29) is 0 Å². The van der Waals surface area contributed by atoms with Crippen LogP contribution in [0.3, 0.4) is 0 Å². The first-order valence-corrected chi connectivity index (χ1v) is 5.47. The van der Waals surface area contributed by atoms with Crippen LogP contribution >= 0.6 is 0 Å². The molecule has 0 aliphatic heterocycles. The standard InChI is InChI=1S/C12H16N4O/c1-16-12(17-2)7-11(15-16)9-13-8-10-5-3-4-6-14-10/h3-7,13H,8-9H2,1-2H3. The van der Waals surface area contributed by atoms with E-state index in [4.69, 9.17) is 4.74 Å². The van der Waals surface area contributed by atoms with Gasteiger partial charge in [-0.3, -0.25) is 4.98 Å². The highest BCUT2D eigenvalue weighted by molar-refractivity contribution is 5.15. The van der Waals surface area contributed by atoms with Gasteiger partial charge in [0.25, 0.3) is 0 Å². The number of aromatic nitrogens is 3. The molecule has 0 bridgehead atoms. The molecule has 0 radical (unpaired) electrons. The van der Waals surface area contributed by atoms with Gasteiger partial charge < -0.3 is 10.1 Å². The Morgan fingerprint density at radius 2 is 2.12 bits per heavy atom. The van der Waals surface area contributed by atoms with Gasteiger partial charge in [0.1, 0.15) is 0 Å². The lowest BCUT2D eigenvalue weighted by Gasteiger charge is -2.01. The van der Waals surface area contributed by atoms with E-state index in [1.165, 1.54) is 0 Å². The van der Waals surface area contributed by atoms with E-state index >= 15 is 0 Å². The van der Waals surface area contributed by atoms with E-state index < -0.39 is 0 Å². The molecule has 0 amide bonds. The monoisotopic (exact) mass is 232 g/mol. The second kappa shape index (κ2) is 5.45. The third-order valence-electron chi connectivity index (χ3n) is 2.44. The zero-order valence-corrected chi connectivity index (χ0v) is 10.1. The van der Waals surface area contributed by atoms with Gasteiger partial charge in [0.2, 0.25) is 5.88 Å². The van der Waals surface area contributed by atoms with Crippen LogP contribution in [-0.2, 0) is 20.1 Å². The molecule has 0 saturated heterocycles. The molecule has 5 nitrogen and oxygen atoms in total. The molecule has 2 rings (SSSR count). The molecule has 2 aromatic rings. The Labute approximate surface area is 100 Å². The molecule has 90 valence electrons. The second-order valence-corrected chi connectivity index (χ2v) is 3.73. The highest BCUT2D eigenvalue weighted by atomic mass is 16.5. The Hall–Kier alpha value is -1.88. The zero-order chi connectivity index (χ0) is 12.1. The third kappa shape index (κ3) is 3.04. The highest BCUT2D eigenvalue weighted by Gasteiger charge is 2.04. The molecule has 0 fully saturated rings. The lowest BCUT2D eigenvalue weighted by molar-refractivity contribution is 0.373. The molecule has 0 unspecified atom stereocenters. The van der Waals surface area contributed by atoms with E-state index in [2.05, 4.69) is 15.4 Å². The minimum absolute atomic E-state index is 0.702. The molecular weight excluding hydrogens is 216 g/mol. The number of rotatable bonds is 5. The van der Waals surface area contributed by atoms with Crippen molar-refractivity contribution in [3.63, 3.8) is 0 Å². The van der Waals surface area contributed by atoms with Gasteiger partial charge in [0.15, 0.2) is 0 Å². The predicted octanol–water partition coefficient (Wildman–Crippen LogP) is 1.11. The van der Waals surface area contributed by atoms with E-state index in [0.717, 1.165) is 23.8 Å². The number of hydrogen-bond donors (Lipinski definition) is 1. The maximum Gasteiger partial charge on any atom is 0.211 e. The number of pyridine rings is 1. The van der Waals surface area contributed by atoms with Crippen LogP contribution in [0.2, 0.25) is 0 Å². The molecule has 0 spiro atoms. The number of hydrogen-bond acceptors (Lipinski definition) is 4. The van der Waals surface area contributed by atoms with Gasteiger partial charge in [0, 0.05) is 32.4 Å². The molecule has 0 aliphatic rings. The van der Waals surface area contributed by atoms with Crippen molar-refractivity contribution in [1.82, 2.24) is 20.1 Å². The fraction of sp³-hybridized carbons (Fsp3) is 0.333. The van der Waals surface area contributed by atoms with Crippen molar-refractivity contribution in [2.24, 2.45) is 7.05 Å². The van der Waals surface area contributed by atoms with Crippen LogP contribution in [0.5, 0.6) is 5.88 Å². The van der Waals surface area contributed by atoms with Crippen molar-refractivity contribution in [1.29, 1.82) is 0 Å². The van der Waals surface area contributed by atoms with E-state index in [1.807, 2.05) is 31.3 Å². The van der Waals surface area contributed by atoms with Crippen molar-refractivity contribution in [3.8, 4) is 5.88 Å². The Kier molecular flexibility index (Phi) is 3.72. The Morgan fingerprint density at radius 3 is 2.76 bits per heavy atom. The topological polar surface area (TPSA) is 52.0 Å². The van der Waals surface area contributed by atoms with Gasteiger partial charge in [-0.05, 0) is 12.1 Å². The first-order valence-electron chi connectivity index (χ1n) is 5.47. The van der Waals surface area contributed by atoms with Gasteiger partial charge >= 0.3 is 0 Å². The maximum absolute atomic E-state index is 5.15. The minimum Gasteiger partial charge on any atom is -0.481 e. The van der Waals surface area contributed by atoms with Crippen LogP contribution in [0, 0.1) is 0 Å². The molecule has 2 heterocycles. The highest BCUT2D eigenvalue weighted by Crippen LogP contribution is 2.10. The molecule has 17 heavy (non-hydrogen) atoms. The Bertz CT molecular complexity index is 467. The maximum atomic E-state index is 5.15.